The van der Waals surface area contributed by atoms with Crippen LogP contribution in [0.15, 0.2) is 59.0 Å². The van der Waals surface area contributed by atoms with Crippen LogP contribution in [-0.4, -0.2) is 59.4 Å². The zero-order chi connectivity index (χ0) is 30.2. The van der Waals surface area contributed by atoms with Crippen LogP contribution in [0, 0.1) is 0 Å². The van der Waals surface area contributed by atoms with Gasteiger partial charge in [0, 0.05) is 25.2 Å². The second-order valence-corrected chi connectivity index (χ2v) is 24.1. The van der Waals surface area contributed by atoms with E-state index in [-0.39, 0.29) is 11.8 Å². The Labute approximate surface area is 248 Å². The van der Waals surface area contributed by atoms with Crippen LogP contribution in [0.4, 0.5) is 0 Å². The second-order valence-electron chi connectivity index (χ2n) is 11.6. The molecule has 41 heavy (non-hydrogen) atoms. The van der Waals surface area contributed by atoms with Gasteiger partial charge in [0.1, 0.15) is 0 Å². The number of pyridine rings is 2. The molecule has 10 nitrogen and oxygen atoms in total. The van der Waals surface area contributed by atoms with E-state index in [4.69, 9.17) is 8.23 Å². The van der Waals surface area contributed by atoms with Gasteiger partial charge in [0.15, 0.2) is 16.6 Å². The highest BCUT2D eigenvalue weighted by molar-refractivity contribution is 6.87. The number of carbonyl (C=O) groups is 2. The molecule has 0 saturated carbocycles. The molecule has 0 aromatic carbocycles. The Morgan fingerprint density at radius 3 is 1.49 bits per heavy atom. The number of nitrogens with zero attached hydrogens (tertiary/aromatic N) is 4. The highest BCUT2D eigenvalue weighted by atomic mass is 28.5. The van der Waals surface area contributed by atoms with Gasteiger partial charge in [-0.3, -0.25) is 19.6 Å². The van der Waals surface area contributed by atoms with Crippen molar-refractivity contribution in [3.8, 4) is 0 Å². The van der Waals surface area contributed by atoms with Crippen LogP contribution < -0.4 is 10.9 Å². The van der Waals surface area contributed by atoms with Gasteiger partial charge in [-0.05, 0) is 88.5 Å². The number of rotatable bonds is 18. The molecule has 224 valence electrons. The molecule has 2 N–H and O–H groups in total. The van der Waals surface area contributed by atoms with Crippen molar-refractivity contribution in [3.05, 3.63) is 60.2 Å². The summed E-state index contributed by atoms with van der Waals surface area (Å²) < 4.78 is 13.4. The Bertz CT molecular complexity index is 1040. The van der Waals surface area contributed by atoms with Crippen molar-refractivity contribution >= 4 is 49.4 Å². The van der Waals surface area contributed by atoms with Gasteiger partial charge < -0.3 is 8.23 Å². The van der Waals surface area contributed by atoms with Crippen LogP contribution >= 0.6 is 0 Å². The van der Waals surface area contributed by atoms with Crippen molar-refractivity contribution in [2.75, 3.05) is 0 Å². The summed E-state index contributed by atoms with van der Waals surface area (Å²) in [6.45, 7) is 13.2. The van der Waals surface area contributed by atoms with Crippen molar-refractivity contribution in [1.29, 1.82) is 0 Å². The van der Waals surface area contributed by atoms with Gasteiger partial charge in [0.25, 0.3) is 0 Å². The first-order valence-electron chi connectivity index (χ1n) is 14.2. The van der Waals surface area contributed by atoms with Gasteiger partial charge >= 0.3 is 8.56 Å². The first-order valence-corrected chi connectivity index (χ1v) is 23.3. The minimum atomic E-state index is -2.32. The maximum atomic E-state index is 12.1. The molecule has 0 unspecified atom stereocenters. The minimum absolute atomic E-state index is 0.0990. The van der Waals surface area contributed by atoms with Crippen molar-refractivity contribution in [2.24, 2.45) is 10.2 Å². The largest absolute Gasteiger partial charge is 0.437 e. The molecule has 0 fully saturated rings. The van der Waals surface area contributed by atoms with E-state index in [1.165, 1.54) is 12.4 Å². The smallest absolute Gasteiger partial charge is 0.311 e. The van der Waals surface area contributed by atoms with E-state index in [0.717, 1.165) is 37.8 Å². The predicted octanol–water partition coefficient (Wildman–Crippen LogP) is 5.56. The summed E-state index contributed by atoms with van der Waals surface area (Å²) >= 11 is 0. The third-order valence-corrected chi connectivity index (χ3v) is 17.5. The standard InChI is InChI=1S/C28H46N6O4Si3/c1-39(2,21-13-9-17-27(35)33-31-23-25-15-7-11-19-29-25)37-41(5,6)38-40(3,4)22-14-10-18-28(36)34-32-24-26-16-8-12-20-30-26/h7-8,11-12,15-16,19-20,23-24H,9-10,13-14,17-18,21-22H2,1-6H3,(H,33,35)(H,34,36)/b31-23+,32-24+. The highest BCUT2D eigenvalue weighted by Crippen LogP contribution is 2.27. The normalized spacial score (nSPS) is 12.6. The lowest BCUT2D eigenvalue weighted by atomic mass is 10.2. The summed E-state index contributed by atoms with van der Waals surface area (Å²) in [4.78, 5) is 32.4. The SMILES string of the molecule is C[Si](C)(CCCCC(=O)N/N=C/c1ccccn1)O[Si](C)(C)O[Si](C)(C)CCCCC(=O)N/N=C/c1ccccn1. The van der Waals surface area contributed by atoms with Gasteiger partial charge in [0.2, 0.25) is 11.8 Å². The molecule has 13 heteroatoms. The molecular formula is C28H46N6O4Si3. The average molecular weight is 615 g/mol. The maximum Gasteiger partial charge on any atom is 0.311 e. The first kappa shape index (κ1) is 34.4. The lowest BCUT2D eigenvalue weighted by Crippen LogP contribution is -2.52. The first-order chi connectivity index (χ1) is 19.4. The summed E-state index contributed by atoms with van der Waals surface area (Å²) in [5.74, 6) is -0.198. The summed E-state index contributed by atoms with van der Waals surface area (Å²) in [7, 11) is -6.23. The van der Waals surface area contributed by atoms with Crippen molar-refractivity contribution in [2.45, 2.75) is 89.9 Å². The molecule has 0 aliphatic heterocycles. The lowest BCUT2D eigenvalue weighted by molar-refractivity contribution is -0.122. The third-order valence-electron chi connectivity index (χ3n) is 6.06. The molecule has 0 aliphatic rings. The van der Waals surface area contributed by atoms with Gasteiger partial charge in [-0.1, -0.05) is 25.0 Å². The van der Waals surface area contributed by atoms with Gasteiger partial charge in [-0.2, -0.15) is 10.2 Å². The molecule has 2 amide bonds. The molecule has 0 aliphatic carbocycles. The Hall–Kier alpha value is -2.85. The fourth-order valence-electron chi connectivity index (χ4n) is 4.48. The monoisotopic (exact) mass is 614 g/mol. The van der Waals surface area contributed by atoms with Crippen molar-refractivity contribution in [3.63, 3.8) is 0 Å². The number of hydrogen-bond acceptors (Lipinski definition) is 8. The van der Waals surface area contributed by atoms with Gasteiger partial charge in [-0.25, -0.2) is 10.9 Å². The zero-order valence-electron chi connectivity index (χ0n) is 25.4. The van der Waals surface area contributed by atoms with E-state index < -0.39 is 25.2 Å². The van der Waals surface area contributed by atoms with Gasteiger partial charge in [0.05, 0.1) is 23.8 Å². The van der Waals surface area contributed by atoms with Crippen molar-refractivity contribution in [1.82, 2.24) is 20.8 Å². The van der Waals surface area contributed by atoms with Crippen LogP contribution in [-0.2, 0) is 17.8 Å². The number of unbranched alkanes of at least 4 members (excludes halogenated alkanes) is 2. The lowest BCUT2D eigenvalue weighted by Gasteiger charge is -2.38. The number of hydrogen-bond donors (Lipinski definition) is 2. The summed E-state index contributed by atoms with van der Waals surface area (Å²) in [6, 6.07) is 13.0. The molecule has 0 bridgehead atoms. The molecule has 2 aromatic heterocycles. The maximum absolute atomic E-state index is 12.1. The Kier molecular flexibility index (Phi) is 14.4. The number of nitrogens with one attached hydrogen (secondary N) is 2. The van der Waals surface area contributed by atoms with E-state index in [2.05, 4.69) is 70.3 Å². The van der Waals surface area contributed by atoms with Crippen LogP contribution in [0.3, 0.4) is 0 Å². The van der Waals surface area contributed by atoms with E-state index in [0.29, 0.717) is 24.2 Å². The molecule has 0 radical (unpaired) electrons. The molecular weight excluding hydrogens is 569 g/mol. The minimum Gasteiger partial charge on any atom is -0.437 e. The fourth-order valence-corrected chi connectivity index (χ4v) is 18.7. The Morgan fingerprint density at radius 2 is 1.12 bits per heavy atom. The number of hydrazone groups is 2. The molecule has 0 atom stereocenters. The summed E-state index contributed by atoms with van der Waals surface area (Å²) in [5, 5.41) is 7.94. The number of carbonyl (C=O) groups excluding carboxylic acids is 2. The number of aromatic nitrogens is 2. The van der Waals surface area contributed by atoms with Crippen LogP contribution in [0.5, 0.6) is 0 Å². The Balaban J connectivity index is 1.63. The van der Waals surface area contributed by atoms with E-state index in [1.807, 2.05) is 36.4 Å². The van der Waals surface area contributed by atoms with E-state index >= 15 is 0 Å². The van der Waals surface area contributed by atoms with Crippen molar-refractivity contribution < 1.29 is 17.8 Å². The number of amides is 2. The molecule has 0 spiro atoms. The quantitative estimate of drug-likeness (QED) is 0.0979. The fraction of sp³-hybridized carbons (Fsp3) is 0.500. The van der Waals surface area contributed by atoms with E-state index in [1.54, 1.807) is 12.4 Å². The topological polar surface area (TPSA) is 127 Å². The molecule has 2 rings (SSSR count). The zero-order valence-corrected chi connectivity index (χ0v) is 28.4. The van der Waals surface area contributed by atoms with Crippen LogP contribution in [0.1, 0.15) is 49.9 Å². The summed E-state index contributed by atoms with van der Waals surface area (Å²) in [5.41, 5.74) is 6.53. The second kappa shape index (κ2) is 17.2. The van der Waals surface area contributed by atoms with Crippen LogP contribution in [0.25, 0.3) is 0 Å². The predicted molar refractivity (Wildman–Crippen MR) is 172 cm³/mol. The summed E-state index contributed by atoms with van der Waals surface area (Å²) in [6.07, 6.45) is 10.7. The molecule has 0 saturated heterocycles. The third kappa shape index (κ3) is 16.2. The molecule has 2 heterocycles. The Morgan fingerprint density at radius 1 is 0.707 bits per heavy atom. The average Bonchev–Trinajstić information content (AvgIpc) is 2.89. The van der Waals surface area contributed by atoms with Crippen LogP contribution in [0.2, 0.25) is 51.4 Å². The van der Waals surface area contributed by atoms with E-state index in [9.17, 15) is 9.59 Å². The molecule has 2 aromatic rings. The van der Waals surface area contributed by atoms with Gasteiger partial charge in [-0.15, -0.1) is 0 Å². The highest BCUT2D eigenvalue weighted by Gasteiger charge is 2.39.